The largest absolute Gasteiger partial charge is 0.444 e. The minimum absolute atomic E-state index is 0.136. The molecule has 2 saturated heterocycles. The van der Waals surface area contributed by atoms with Gasteiger partial charge in [0.2, 0.25) is 11.2 Å². The zero-order valence-electron chi connectivity index (χ0n) is 22.5. The number of amides is 2. The fraction of sp³-hybridized carbons (Fsp3) is 0.484. The van der Waals surface area contributed by atoms with E-state index < -0.39 is 11.2 Å². The van der Waals surface area contributed by atoms with Crippen LogP contribution in [0.2, 0.25) is 0 Å². The van der Waals surface area contributed by atoms with Crippen LogP contribution in [0.4, 0.5) is 11.4 Å². The molecule has 204 valence electrons. The Hall–Kier alpha value is -3.68. The topological polar surface area (TPSA) is 93.2 Å². The first kappa shape index (κ1) is 25.6. The van der Waals surface area contributed by atoms with Crippen LogP contribution in [0.15, 0.2) is 48.5 Å². The summed E-state index contributed by atoms with van der Waals surface area (Å²) in [7, 11) is 0. The lowest BCUT2D eigenvalue weighted by Crippen LogP contribution is -2.40. The summed E-state index contributed by atoms with van der Waals surface area (Å²) in [4.78, 5) is 54.9. The fourth-order valence-corrected chi connectivity index (χ4v) is 6.75. The molecule has 39 heavy (non-hydrogen) atoms. The van der Waals surface area contributed by atoms with E-state index in [9.17, 15) is 19.2 Å². The van der Waals surface area contributed by atoms with Gasteiger partial charge in [-0.2, -0.15) is 0 Å². The first-order valence-electron chi connectivity index (χ1n) is 14.1. The van der Waals surface area contributed by atoms with Gasteiger partial charge in [0, 0.05) is 37.1 Å². The molecule has 6 rings (SSSR count). The predicted molar refractivity (Wildman–Crippen MR) is 144 cm³/mol. The SMILES string of the molecule is CC1CC2(OC1=O)C(=O)N(CCCCCCCN1C(=O)C3(CC(C)C(=O)O3)c3ccccc31)c1ccccc12. The van der Waals surface area contributed by atoms with Crippen molar-refractivity contribution in [3.8, 4) is 0 Å². The van der Waals surface area contributed by atoms with Crippen LogP contribution in [-0.2, 0) is 39.9 Å². The Kier molecular flexibility index (Phi) is 6.24. The molecule has 4 aliphatic rings. The molecule has 0 aliphatic carbocycles. The molecule has 2 aromatic carbocycles. The average molecular weight is 531 g/mol. The molecule has 0 N–H and O–H groups in total. The Bertz CT molecular complexity index is 1250. The summed E-state index contributed by atoms with van der Waals surface area (Å²) in [6.07, 6.45) is 5.30. The number of carbonyl (C=O) groups is 4. The van der Waals surface area contributed by atoms with E-state index >= 15 is 0 Å². The van der Waals surface area contributed by atoms with Gasteiger partial charge >= 0.3 is 11.9 Å². The molecule has 2 spiro atoms. The van der Waals surface area contributed by atoms with Crippen molar-refractivity contribution >= 4 is 35.1 Å². The van der Waals surface area contributed by atoms with Crippen LogP contribution in [0.3, 0.4) is 0 Å². The van der Waals surface area contributed by atoms with E-state index in [0.29, 0.717) is 25.9 Å². The maximum atomic E-state index is 13.4. The van der Waals surface area contributed by atoms with E-state index in [0.717, 1.165) is 54.6 Å². The predicted octanol–water partition coefficient (Wildman–Crippen LogP) is 4.59. The summed E-state index contributed by atoms with van der Waals surface area (Å²) in [5.41, 5.74) is 0.924. The second kappa shape index (κ2) is 9.50. The van der Waals surface area contributed by atoms with E-state index in [1.807, 2.05) is 62.4 Å². The monoisotopic (exact) mass is 530 g/mol. The van der Waals surface area contributed by atoms with Crippen LogP contribution in [0, 0.1) is 11.8 Å². The number of nitrogens with zero attached hydrogens (tertiary/aromatic N) is 2. The van der Waals surface area contributed by atoms with Gasteiger partial charge in [0.15, 0.2) is 0 Å². The van der Waals surface area contributed by atoms with Crippen molar-refractivity contribution in [3.05, 3.63) is 59.7 Å². The number of rotatable bonds is 8. The maximum Gasteiger partial charge on any atom is 0.310 e. The number of hydrogen-bond donors (Lipinski definition) is 0. The number of benzene rings is 2. The molecular weight excluding hydrogens is 496 g/mol. The number of anilines is 2. The van der Waals surface area contributed by atoms with Gasteiger partial charge in [-0.25, -0.2) is 0 Å². The highest BCUT2D eigenvalue weighted by Gasteiger charge is 2.60. The fourth-order valence-electron chi connectivity index (χ4n) is 6.75. The van der Waals surface area contributed by atoms with Crippen molar-refractivity contribution in [2.24, 2.45) is 11.8 Å². The van der Waals surface area contributed by atoms with Gasteiger partial charge in [0.05, 0.1) is 23.2 Å². The highest BCUT2D eigenvalue weighted by Crippen LogP contribution is 2.51. The average Bonchev–Trinajstić information content (AvgIpc) is 3.56. The highest BCUT2D eigenvalue weighted by molar-refractivity contribution is 6.10. The molecule has 2 fully saturated rings. The molecule has 2 amide bonds. The van der Waals surface area contributed by atoms with Gasteiger partial charge in [-0.3, -0.25) is 19.2 Å². The van der Waals surface area contributed by atoms with E-state index in [1.165, 1.54) is 0 Å². The number of carbonyl (C=O) groups excluding carboxylic acids is 4. The zero-order valence-corrected chi connectivity index (χ0v) is 22.5. The van der Waals surface area contributed by atoms with Crippen molar-refractivity contribution in [2.45, 2.75) is 70.0 Å². The zero-order chi connectivity index (χ0) is 27.4. The molecule has 4 unspecified atom stereocenters. The first-order chi connectivity index (χ1) is 18.8. The van der Waals surface area contributed by atoms with Crippen LogP contribution in [0.1, 0.15) is 69.9 Å². The van der Waals surface area contributed by atoms with Crippen molar-refractivity contribution in [2.75, 3.05) is 22.9 Å². The van der Waals surface area contributed by atoms with E-state index in [2.05, 4.69) is 0 Å². The van der Waals surface area contributed by atoms with E-state index in [4.69, 9.17) is 9.47 Å². The van der Waals surface area contributed by atoms with Crippen LogP contribution >= 0.6 is 0 Å². The number of fused-ring (bicyclic) bond motifs is 4. The molecule has 4 heterocycles. The minimum Gasteiger partial charge on any atom is -0.444 e. The summed E-state index contributed by atoms with van der Waals surface area (Å²) in [5, 5.41) is 0. The third-order valence-corrected chi connectivity index (χ3v) is 8.75. The lowest BCUT2D eigenvalue weighted by molar-refractivity contribution is -0.158. The Morgan fingerprint density at radius 3 is 1.41 bits per heavy atom. The molecule has 8 nitrogen and oxygen atoms in total. The van der Waals surface area contributed by atoms with Gasteiger partial charge in [0.25, 0.3) is 11.8 Å². The number of para-hydroxylation sites is 2. The Morgan fingerprint density at radius 1 is 0.641 bits per heavy atom. The number of hydrogen-bond acceptors (Lipinski definition) is 6. The van der Waals surface area contributed by atoms with Crippen molar-refractivity contribution in [1.29, 1.82) is 0 Å². The van der Waals surface area contributed by atoms with Crippen LogP contribution in [0.5, 0.6) is 0 Å². The third kappa shape index (κ3) is 3.86. The van der Waals surface area contributed by atoms with E-state index in [1.54, 1.807) is 9.80 Å². The number of ether oxygens (including phenoxy) is 2. The van der Waals surface area contributed by atoms with Crippen molar-refractivity contribution in [3.63, 3.8) is 0 Å². The number of unbranched alkanes of at least 4 members (excludes halogenated alkanes) is 4. The first-order valence-corrected chi connectivity index (χ1v) is 14.1. The lowest BCUT2D eigenvalue weighted by atomic mass is 9.89. The minimum atomic E-state index is -1.17. The van der Waals surface area contributed by atoms with Gasteiger partial charge < -0.3 is 19.3 Å². The highest BCUT2D eigenvalue weighted by atomic mass is 16.6. The molecule has 8 heteroatoms. The Labute approximate surface area is 228 Å². The normalized spacial score (nSPS) is 29.0. The molecule has 4 atom stereocenters. The van der Waals surface area contributed by atoms with Gasteiger partial charge in [-0.05, 0) is 25.0 Å². The molecule has 0 saturated carbocycles. The second-order valence-corrected chi connectivity index (χ2v) is 11.4. The van der Waals surface area contributed by atoms with Gasteiger partial charge in [0.1, 0.15) is 0 Å². The standard InChI is InChI=1S/C31H34N2O6/c1-20-18-30(38-26(20)34)22-12-6-8-14-24(22)32(28(30)36)16-10-4-3-5-11-17-33-25-15-9-7-13-23(25)31(29(33)37)19-21(2)27(35)39-31/h6-9,12-15,20-21H,3-5,10-11,16-19H2,1-2H3. The molecular formula is C31H34N2O6. The van der Waals surface area contributed by atoms with Crippen LogP contribution in [0.25, 0.3) is 0 Å². The summed E-state index contributed by atoms with van der Waals surface area (Å²) in [5.74, 6) is -1.49. The maximum absolute atomic E-state index is 13.4. The molecule has 0 aromatic heterocycles. The lowest BCUT2D eigenvalue weighted by Gasteiger charge is -2.23. The van der Waals surface area contributed by atoms with Crippen LogP contribution < -0.4 is 9.80 Å². The Balaban J connectivity index is 1.02. The van der Waals surface area contributed by atoms with Gasteiger partial charge in [-0.15, -0.1) is 0 Å². The molecule has 0 radical (unpaired) electrons. The number of esters is 2. The Morgan fingerprint density at radius 2 is 1.03 bits per heavy atom. The third-order valence-electron chi connectivity index (χ3n) is 8.75. The summed E-state index contributed by atoms with van der Waals surface area (Å²) in [6.45, 7) is 4.77. The summed E-state index contributed by atoms with van der Waals surface area (Å²) < 4.78 is 11.4. The van der Waals surface area contributed by atoms with Crippen LogP contribution in [-0.4, -0.2) is 36.8 Å². The van der Waals surface area contributed by atoms with E-state index in [-0.39, 0.29) is 35.6 Å². The summed E-state index contributed by atoms with van der Waals surface area (Å²) in [6, 6.07) is 15.2. The molecule has 2 aromatic rings. The summed E-state index contributed by atoms with van der Waals surface area (Å²) >= 11 is 0. The molecule has 0 bridgehead atoms. The van der Waals surface area contributed by atoms with Crippen molar-refractivity contribution < 1.29 is 28.7 Å². The molecule has 4 aliphatic heterocycles. The second-order valence-electron chi connectivity index (χ2n) is 11.4. The smallest absolute Gasteiger partial charge is 0.310 e. The van der Waals surface area contributed by atoms with Crippen molar-refractivity contribution in [1.82, 2.24) is 0 Å². The van der Waals surface area contributed by atoms with Gasteiger partial charge in [-0.1, -0.05) is 69.5 Å². The quantitative estimate of drug-likeness (QED) is 0.366.